The molecule has 2 amide bonds. The van der Waals surface area contributed by atoms with Crippen LogP contribution in [-0.2, 0) is 0 Å². The first-order valence-corrected chi connectivity index (χ1v) is 4.91. The number of urea groups is 1. The minimum absolute atomic E-state index is 0.0488. The summed E-state index contributed by atoms with van der Waals surface area (Å²) in [5.41, 5.74) is 5.71. The third-order valence-corrected chi connectivity index (χ3v) is 2.11. The van der Waals surface area contributed by atoms with Crippen LogP contribution in [0.25, 0.3) is 0 Å². The monoisotopic (exact) mass is 241 g/mol. The number of thiocarbonyl (C=S) groups is 1. The fourth-order valence-electron chi connectivity index (χ4n) is 1.11. The molecule has 0 saturated heterocycles. The maximum atomic E-state index is 13.4. The summed E-state index contributed by atoms with van der Waals surface area (Å²) in [6.07, 6.45) is 0. The van der Waals surface area contributed by atoms with Crippen molar-refractivity contribution in [1.82, 2.24) is 4.90 Å². The zero-order chi connectivity index (χ0) is 12.3. The Labute approximate surface area is 98.2 Å². The van der Waals surface area contributed by atoms with Gasteiger partial charge in [-0.1, -0.05) is 18.3 Å². The van der Waals surface area contributed by atoms with Gasteiger partial charge >= 0.3 is 6.03 Å². The Morgan fingerprint density at radius 2 is 2.12 bits per heavy atom. The first-order valence-electron chi connectivity index (χ1n) is 4.50. The molecular weight excluding hydrogens is 229 g/mol. The molecule has 86 valence electrons. The minimum Gasteiger partial charge on any atom is -0.389 e. The van der Waals surface area contributed by atoms with Crippen molar-refractivity contribution >= 4 is 28.9 Å². The van der Waals surface area contributed by atoms with Crippen LogP contribution < -0.4 is 11.1 Å². The maximum absolute atomic E-state index is 13.4. The van der Waals surface area contributed by atoms with Gasteiger partial charge in [-0.3, -0.25) is 0 Å². The third-order valence-electron chi connectivity index (χ3n) is 1.91. The second-order valence-electron chi connectivity index (χ2n) is 3.35. The molecule has 1 aromatic carbocycles. The van der Waals surface area contributed by atoms with Crippen LogP contribution in [0.4, 0.5) is 14.9 Å². The maximum Gasteiger partial charge on any atom is 0.321 e. The summed E-state index contributed by atoms with van der Waals surface area (Å²) in [5, 5.41) is 2.51. The van der Waals surface area contributed by atoms with Crippen molar-refractivity contribution in [1.29, 1.82) is 0 Å². The molecule has 0 aliphatic heterocycles. The van der Waals surface area contributed by atoms with Crippen LogP contribution in [0.3, 0.4) is 0 Å². The average molecular weight is 241 g/mol. The van der Waals surface area contributed by atoms with E-state index in [0.717, 1.165) is 0 Å². The van der Waals surface area contributed by atoms with E-state index in [1.54, 1.807) is 20.2 Å². The molecule has 0 bridgehead atoms. The van der Waals surface area contributed by atoms with Crippen LogP contribution in [0.5, 0.6) is 0 Å². The molecule has 16 heavy (non-hydrogen) atoms. The predicted octanol–water partition coefficient (Wildman–Crippen LogP) is 1.55. The lowest BCUT2D eigenvalue weighted by Crippen LogP contribution is -2.28. The molecule has 0 aromatic heterocycles. The Balaban J connectivity index is 3.09. The van der Waals surface area contributed by atoms with E-state index in [-0.39, 0.29) is 22.3 Å². The SMILES string of the molecule is CN(C)C(=O)Nc1cccc(F)c1C(N)=S. The van der Waals surface area contributed by atoms with Crippen LogP contribution in [0.15, 0.2) is 18.2 Å². The van der Waals surface area contributed by atoms with Gasteiger partial charge in [0.1, 0.15) is 10.8 Å². The van der Waals surface area contributed by atoms with Crippen molar-refractivity contribution in [3.63, 3.8) is 0 Å². The number of carbonyl (C=O) groups is 1. The molecule has 0 unspecified atom stereocenters. The molecule has 0 fully saturated rings. The number of benzene rings is 1. The number of anilines is 1. The third kappa shape index (κ3) is 2.66. The molecule has 0 aliphatic rings. The molecule has 0 spiro atoms. The van der Waals surface area contributed by atoms with E-state index < -0.39 is 5.82 Å². The Hall–Kier alpha value is -1.69. The van der Waals surface area contributed by atoms with Crippen LogP contribution in [0, 0.1) is 5.82 Å². The molecule has 1 aromatic rings. The molecule has 6 heteroatoms. The lowest BCUT2D eigenvalue weighted by molar-refractivity contribution is 0.230. The highest BCUT2D eigenvalue weighted by Crippen LogP contribution is 2.19. The van der Waals surface area contributed by atoms with Crippen molar-refractivity contribution < 1.29 is 9.18 Å². The van der Waals surface area contributed by atoms with Crippen molar-refractivity contribution in [2.75, 3.05) is 19.4 Å². The zero-order valence-electron chi connectivity index (χ0n) is 8.95. The smallest absolute Gasteiger partial charge is 0.321 e. The van der Waals surface area contributed by atoms with E-state index in [9.17, 15) is 9.18 Å². The van der Waals surface area contributed by atoms with Gasteiger partial charge in [0.05, 0.1) is 11.3 Å². The predicted molar refractivity (Wildman–Crippen MR) is 65.0 cm³/mol. The molecule has 1 rings (SSSR count). The van der Waals surface area contributed by atoms with Gasteiger partial charge in [-0.2, -0.15) is 0 Å². The summed E-state index contributed by atoms with van der Waals surface area (Å²) >= 11 is 4.73. The molecule has 0 aliphatic carbocycles. The Kier molecular flexibility index (Phi) is 3.78. The number of halogens is 1. The quantitative estimate of drug-likeness (QED) is 0.772. The van der Waals surface area contributed by atoms with Crippen LogP contribution in [0.1, 0.15) is 5.56 Å². The zero-order valence-corrected chi connectivity index (χ0v) is 9.77. The van der Waals surface area contributed by atoms with E-state index in [4.69, 9.17) is 18.0 Å². The molecule has 0 heterocycles. The molecular formula is C10H12FN3OS. The van der Waals surface area contributed by atoms with Gasteiger partial charge in [-0.25, -0.2) is 9.18 Å². The Bertz CT molecular complexity index is 434. The van der Waals surface area contributed by atoms with Gasteiger partial charge in [0.15, 0.2) is 0 Å². The van der Waals surface area contributed by atoms with Crippen molar-refractivity contribution in [3.05, 3.63) is 29.6 Å². The van der Waals surface area contributed by atoms with Crippen molar-refractivity contribution in [2.24, 2.45) is 5.73 Å². The summed E-state index contributed by atoms with van der Waals surface area (Å²) in [6, 6.07) is 3.88. The number of nitrogens with one attached hydrogen (secondary N) is 1. The molecule has 3 N–H and O–H groups in total. The highest BCUT2D eigenvalue weighted by Gasteiger charge is 2.13. The van der Waals surface area contributed by atoms with E-state index in [0.29, 0.717) is 0 Å². The highest BCUT2D eigenvalue weighted by molar-refractivity contribution is 7.80. The van der Waals surface area contributed by atoms with Gasteiger partial charge in [0.2, 0.25) is 0 Å². The summed E-state index contributed by atoms with van der Waals surface area (Å²) in [6.45, 7) is 0. The van der Waals surface area contributed by atoms with E-state index in [1.165, 1.54) is 17.0 Å². The van der Waals surface area contributed by atoms with Crippen LogP contribution >= 0.6 is 12.2 Å². The number of amides is 2. The van der Waals surface area contributed by atoms with Gasteiger partial charge in [0.25, 0.3) is 0 Å². The first kappa shape index (κ1) is 12.4. The molecule has 0 saturated carbocycles. The van der Waals surface area contributed by atoms with Gasteiger partial charge in [-0.05, 0) is 12.1 Å². The largest absolute Gasteiger partial charge is 0.389 e. The number of hydrogen-bond donors (Lipinski definition) is 2. The second kappa shape index (κ2) is 4.89. The van der Waals surface area contributed by atoms with E-state index >= 15 is 0 Å². The fraction of sp³-hybridized carbons (Fsp3) is 0.200. The number of rotatable bonds is 2. The Morgan fingerprint density at radius 3 is 2.62 bits per heavy atom. The summed E-state index contributed by atoms with van der Waals surface area (Å²) in [7, 11) is 3.16. The van der Waals surface area contributed by atoms with Crippen LogP contribution in [0.2, 0.25) is 0 Å². The fourth-order valence-corrected chi connectivity index (χ4v) is 1.31. The van der Waals surface area contributed by atoms with Crippen molar-refractivity contribution in [2.45, 2.75) is 0 Å². The minimum atomic E-state index is -0.552. The second-order valence-corrected chi connectivity index (χ2v) is 3.79. The summed E-state index contributed by atoms with van der Waals surface area (Å²) in [4.78, 5) is 12.6. The topological polar surface area (TPSA) is 58.4 Å². The van der Waals surface area contributed by atoms with E-state index in [2.05, 4.69) is 5.32 Å². The van der Waals surface area contributed by atoms with E-state index in [1.807, 2.05) is 0 Å². The number of hydrogen-bond acceptors (Lipinski definition) is 2. The van der Waals surface area contributed by atoms with Gasteiger partial charge in [-0.15, -0.1) is 0 Å². The highest BCUT2D eigenvalue weighted by atomic mass is 32.1. The first-order chi connectivity index (χ1) is 7.43. The average Bonchev–Trinajstić information content (AvgIpc) is 2.16. The summed E-state index contributed by atoms with van der Waals surface area (Å²) in [5.74, 6) is -0.552. The van der Waals surface area contributed by atoms with Gasteiger partial charge in [0, 0.05) is 14.1 Å². The number of nitrogens with two attached hydrogens (primary N) is 1. The lowest BCUT2D eigenvalue weighted by atomic mass is 10.1. The number of carbonyl (C=O) groups excluding carboxylic acids is 1. The standard InChI is InChI=1S/C10H12FN3OS/c1-14(2)10(15)13-7-5-3-4-6(11)8(7)9(12)16/h3-5H,1-2H3,(H2,12,16)(H,13,15). The van der Waals surface area contributed by atoms with Crippen LogP contribution in [-0.4, -0.2) is 30.0 Å². The van der Waals surface area contributed by atoms with Gasteiger partial charge < -0.3 is 16.0 Å². The Morgan fingerprint density at radius 1 is 1.50 bits per heavy atom. The number of nitrogens with zero attached hydrogens (tertiary/aromatic N) is 1. The summed E-state index contributed by atoms with van der Waals surface area (Å²) < 4.78 is 13.4. The molecule has 0 radical (unpaired) electrons. The lowest BCUT2D eigenvalue weighted by Gasteiger charge is -2.14. The normalized spacial score (nSPS) is 9.69. The van der Waals surface area contributed by atoms with Crippen molar-refractivity contribution in [3.8, 4) is 0 Å². The molecule has 0 atom stereocenters. The molecule has 4 nitrogen and oxygen atoms in total.